The second kappa shape index (κ2) is 26.9. The van der Waals surface area contributed by atoms with Gasteiger partial charge in [0.25, 0.3) is 0 Å². The first-order valence-electron chi connectivity index (χ1n) is 24.8. The second-order valence-corrected chi connectivity index (χ2v) is 32.0. The standard InChI is InChI=1S/C53H77F6NO2P2Si2/c1-9-15-37-65(38-16-10-2,39-17-11-3)46-33-29-44(30-34-46)63(45-31-35-47(36-32-45)66(40-18-12-4,41-19-13-5)42-20-14-6)60(43(7)8)64(50-27-23-21-25-48(50)61-52(54,55)56)51-28-24-22-26-49(51)62-53(57,58)59/h21-36,43H,9-20,37-42H2,1-8H3. The summed E-state index contributed by atoms with van der Waals surface area (Å²) in [4.78, 5) is 0. The van der Waals surface area contributed by atoms with E-state index in [1.807, 2.05) is 13.8 Å². The molecule has 0 aliphatic rings. The maximum Gasteiger partial charge on any atom is 0.573 e. The van der Waals surface area contributed by atoms with Crippen LogP contribution in [0.15, 0.2) is 97.1 Å². The molecule has 0 radical (unpaired) electrons. The Morgan fingerprint density at radius 3 is 0.985 bits per heavy atom. The van der Waals surface area contributed by atoms with E-state index in [4.69, 9.17) is 9.47 Å². The van der Waals surface area contributed by atoms with Crippen LogP contribution in [0, 0.1) is 0 Å². The number of rotatable bonds is 29. The molecule has 0 saturated carbocycles. The molecule has 4 aromatic carbocycles. The molecule has 0 aliphatic heterocycles. The van der Waals surface area contributed by atoms with E-state index in [1.54, 1.807) is 24.3 Å². The van der Waals surface area contributed by atoms with Crippen molar-refractivity contribution in [2.75, 3.05) is 0 Å². The van der Waals surface area contributed by atoms with Gasteiger partial charge < -0.3 is 9.47 Å². The summed E-state index contributed by atoms with van der Waals surface area (Å²) < 4.78 is 97.3. The van der Waals surface area contributed by atoms with Crippen LogP contribution in [0.2, 0.25) is 36.3 Å². The normalized spacial score (nSPS) is 12.8. The van der Waals surface area contributed by atoms with Gasteiger partial charge in [-0.15, -0.1) is 26.3 Å². The maximum atomic E-state index is 14.3. The predicted molar refractivity (Wildman–Crippen MR) is 278 cm³/mol. The van der Waals surface area contributed by atoms with Crippen molar-refractivity contribution in [2.45, 2.75) is 187 Å². The zero-order valence-corrected chi connectivity index (χ0v) is 44.8. The minimum Gasteiger partial charge on any atom is -0.405 e. The molecule has 4 aromatic rings. The van der Waals surface area contributed by atoms with Crippen LogP contribution in [0.3, 0.4) is 0 Å². The highest BCUT2D eigenvalue weighted by atomic mass is 31.2. The van der Waals surface area contributed by atoms with Gasteiger partial charge >= 0.3 is 12.7 Å². The first-order chi connectivity index (χ1) is 31.5. The lowest BCUT2D eigenvalue weighted by Gasteiger charge is -2.42. The van der Waals surface area contributed by atoms with E-state index in [-0.39, 0.29) is 16.7 Å². The Bertz CT molecular complexity index is 1820. The second-order valence-electron chi connectivity index (χ2n) is 18.3. The summed E-state index contributed by atoms with van der Waals surface area (Å²) in [6, 6.07) is 37.2. The lowest BCUT2D eigenvalue weighted by molar-refractivity contribution is -0.275. The minimum absolute atomic E-state index is 0.160. The van der Waals surface area contributed by atoms with E-state index in [0.717, 1.165) is 49.1 Å². The molecule has 0 aliphatic carbocycles. The summed E-state index contributed by atoms with van der Waals surface area (Å²) in [5, 5.41) is 5.21. The highest BCUT2D eigenvalue weighted by molar-refractivity contribution is 7.85. The quantitative estimate of drug-likeness (QED) is 0.0307. The van der Waals surface area contributed by atoms with Gasteiger partial charge in [-0.25, -0.2) is 4.44 Å². The van der Waals surface area contributed by atoms with Crippen LogP contribution in [0.5, 0.6) is 11.5 Å². The molecule has 0 spiro atoms. The van der Waals surface area contributed by atoms with Crippen molar-refractivity contribution < 1.29 is 35.8 Å². The van der Waals surface area contributed by atoms with Crippen LogP contribution in [0.1, 0.15) is 132 Å². The summed E-state index contributed by atoms with van der Waals surface area (Å²) >= 11 is 0. The van der Waals surface area contributed by atoms with Crippen molar-refractivity contribution in [3.05, 3.63) is 97.1 Å². The van der Waals surface area contributed by atoms with Gasteiger partial charge in [-0.3, -0.25) is 0 Å². The maximum absolute atomic E-state index is 14.3. The molecular formula is C53H77F6NO2P2Si2. The van der Waals surface area contributed by atoms with Crippen LogP contribution in [-0.2, 0) is 0 Å². The predicted octanol–water partition coefficient (Wildman–Crippen LogP) is 15.7. The molecule has 0 fully saturated rings. The zero-order valence-electron chi connectivity index (χ0n) is 41.0. The number of hydrogen-bond donors (Lipinski definition) is 0. The van der Waals surface area contributed by atoms with Gasteiger partial charge in [0.1, 0.15) is 11.5 Å². The molecule has 0 atom stereocenters. The molecule has 0 unspecified atom stereocenters. The van der Waals surface area contributed by atoms with Crippen molar-refractivity contribution in [1.82, 2.24) is 4.44 Å². The van der Waals surface area contributed by atoms with Crippen LogP contribution < -0.4 is 41.1 Å². The molecule has 13 heteroatoms. The van der Waals surface area contributed by atoms with Crippen molar-refractivity contribution in [3.63, 3.8) is 0 Å². The van der Waals surface area contributed by atoms with E-state index in [2.05, 4.69) is 94.5 Å². The molecule has 0 amide bonds. The number of benzene rings is 4. The number of ether oxygens (including phenoxy) is 2. The third-order valence-corrected chi connectivity index (χ3v) is 30.0. The number of hydrogen-bond acceptors (Lipinski definition) is 3. The van der Waals surface area contributed by atoms with Crippen LogP contribution in [-0.4, -0.2) is 39.4 Å². The van der Waals surface area contributed by atoms with Crippen molar-refractivity contribution >= 4 is 63.9 Å². The number of para-hydroxylation sites is 2. The molecule has 0 heterocycles. The third kappa shape index (κ3) is 15.7. The van der Waals surface area contributed by atoms with Gasteiger partial charge in [-0.1, -0.05) is 238 Å². The van der Waals surface area contributed by atoms with Crippen LogP contribution >= 0.6 is 16.1 Å². The van der Waals surface area contributed by atoms with E-state index >= 15 is 0 Å². The van der Waals surface area contributed by atoms with Crippen LogP contribution in [0.25, 0.3) is 0 Å². The summed E-state index contributed by atoms with van der Waals surface area (Å²) in [7, 11) is -7.57. The summed E-state index contributed by atoms with van der Waals surface area (Å²) in [5.41, 5.74) is 0. The molecule has 3 nitrogen and oxygen atoms in total. The van der Waals surface area contributed by atoms with Gasteiger partial charge in [0.15, 0.2) is 0 Å². The minimum atomic E-state index is -5.04. The fourth-order valence-corrected chi connectivity index (χ4v) is 27.0. The van der Waals surface area contributed by atoms with Crippen LogP contribution in [0.4, 0.5) is 26.3 Å². The summed E-state index contributed by atoms with van der Waals surface area (Å²) in [5.74, 6) is -0.886. The summed E-state index contributed by atoms with van der Waals surface area (Å²) in [6.07, 6.45) is 3.86. The molecule has 0 bridgehead atoms. The van der Waals surface area contributed by atoms with Crippen molar-refractivity contribution in [1.29, 1.82) is 0 Å². The monoisotopic (exact) mass is 991 g/mol. The first-order valence-corrected chi connectivity index (χ1v) is 32.7. The summed E-state index contributed by atoms with van der Waals surface area (Å²) in [6.45, 7) is 17.6. The molecule has 66 heavy (non-hydrogen) atoms. The Hall–Kier alpha value is -2.69. The molecule has 4 rings (SSSR count). The van der Waals surface area contributed by atoms with E-state index < -0.39 is 56.5 Å². The van der Waals surface area contributed by atoms with Gasteiger partial charge in [-0.05, 0) is 48.7 Å². The molecule has 0 saturated heterocycles. The highest BCUT2D eigenvalue weighted by Crippen LogP contribution is 2.58. The fourth-order valence-electron chi connectivity index (χ4n) is 9.59. The third-order valence-electron chi connectivity index (χ3n) is 13.0. The first kappa shape index (κ1) is 55.9. The van der Waals surface area contributed by atoms with Gasteiger partial charge in [-0.2, -0.15) is 0 Å². The average molecular weight is 992 g/mol. The number of halogens is 6. The molecular weight excluding hydrogens is 915 g/mol. The zero-order chi connectivity index (χ0) is 48.4. The van der Waals surface area contributed by atoms with Crippen molar-refractivity contribution in [3.8, 4) is 11.5 Å². The van der Waals surface area contributed by atoms with E-state index in [1.165, 1.54) is 109 Å². The smallest absolute Gasteiger partial charge is 0.405 e. The Morgan fingerprint density at radius 2 is 0.727 bits per heavy atom. The molecule has 0 N–H and O–H groups in total. The van der Waals surface area contributed by atoms with Gasteiger partial charge in [0, 0.05) is 32.8 Å². The van der Waals surface area contributed by atoms with E-state index in [9.17, 15) is 26.3 Å². The van der Waals surface area contributed by atoms with Crippen molar-refractivity contribution in [2.24, 2.45) is 0 Å². The Morgan fingerprint density at radius 1 is 0.439 bits per heavy atom. The Labute approximate surface area is 398 Å². The fraction of sp³-hybridized carbons (Fsp3) is 0.547. The number of alkyl halides is 6. The Kier molecular flexibility index (Phi) is 22.8. The van der Waals surface area contributed by atoms with Gasteiger partial charge in [0.2, 0.25) is 0 Å². The van der Waals surface area contributed by atoms with Gasteiger partial charge in [0.05, 0.1) is 16.1 Å². The van der Waals surface area contributed by atoms with E-state index in [0.29, 0.717) is 0 Å². The lowest BCUT2D eigenvalue weighted by atomic mass is 10.3. The number of unbranched alkanes of at least 4 members (excludes halogenated alkanes) is 6. The molecule has 366 valence electrons. The molecule has 0 aromatic heterocycles. The lowest BCUT2D eigenvalue weighted by Crippen LogP contribution is -2.48. The number of nitrogens with zero attached hydrogens (tertiary/aromatic N) is 1. The average Bonchev–Trinajstić information content (AvgIpc) is 3.29. The Balaban J connectivity index is 2.11. The largest absolute Gasteiger partial charge is 0.573 e. The SMILES string of the molecule is CCCC[Si](CCCC)(CCCC)c1ccc(P(c2ccc([Si](CCCC)(CCCC)CCCC)cc2)N(C(C)C)P(c2ccccc2OC(F)(F)F)c2ccccc2OC(F)(F)F)cc1. The highest BCUT2D eigenvalue weighted by Gasteiger charge is 2.42. The topological polar surface area (TPSA) is 21.7 Å².